The van der Waals surface area contributed by atoms with E-state index >= 15 is 0 Å². The Balaban J connectivity index is 2.17. The fraction of sp³-hybridized carbons (Fsp3) is 0. The first-order chi connectivity index (χ1) is 9.43. The standard InChI is InChI=1S/C16H11N3/c1-2-6-12(7-3-1)15-18-14-9-5-4-8-13(14)16-17-10-11-19(15)16/h1-11H/p+1. The van der Waals surface area contributed by atoms with E-state index in [1.165, 1.54) is 0 Å². The number of nitrogens with zero attached hydrogens (tertiary/aromatic N) is 2. The van der Waals surface area contributed by atoms with Gasteiger partial charge in [-0.3, -0.25) is 4.98 Å². The number of nitrogens with one attached hydrogen (secondary N) is 1. The number of aromatic amines is 1. The highest BCUT2D eigenvalue weighted by molar-refractivity contribution is 5.89. The van der Waals surface area contributed by atoms with E-state index in [-0.39, 0.29) is 0 Å². The Kier molecular flexibility index (Phi) is 2.12. The van der Waals surface area contributed by atoms with E-state index in [1.54, 1.807) is 0 Å². The molecule has 0 fully saturated rings. The van der Waals surface area contributed by atoms with Gasteiger partial charge in [0.05, 0.1) is 17.1 Å². The van der Waals surface area contributed by atoms with E-state index in [1.807, 2.05) is 48.8 Å². The van der Waals surface area contributed by atoms with Gasteiger partial charge in [0.25, 0.3) is 5.82 Å². The average Bonchev–Trinajstić information content (AvgIpc) is 2.97. The van der Waals surface area contributed by atoms with Gasteiger partial charge in [-0.2, -0.15) is 4.40 Å². The van der Waals surface area contributed by atoms with Gasteiger partial charge in [-0.25, -0.2) is 0 Å². The van der Waals surface area contributed by atoms with Gasteiger partial charge in [-0.05, 0) is 24.3 Å². The second kappa shape index (κ2) is 3.92. The smallest absolute Gasteiger partial charge is 0.275 e. The molecule has 0 atom stereocenters. The van der Waals surface area contributed by atoms with E-state index in [9.17, 15) is 0 Å². The number of H-pyrrole nitrogens is 1. The third-order valence-corrected chi connectivity index (χ3v) is 3.33. The Morgan fingerprint density at radius 2 is 1.68 bits per heavy atom. The molecule has 0 unspecified atom stereocenters. The summed E-state index contributed by atoms with van der Waals surface area (Å²) in [6.07, 6.45) is 3.95. The third kappa shape index (κ3) is 1.52. The van der Waals surface area contributed by atoms with Crippen LogP contribution in [0, 0.1) is 0 Å². The van der Waals surface area contributed by atoms with Crippen molar-refractivity contribution in [3.63, 3.8) is 0 Å². The first-order valence-electron chi connectivity index (χ1n) is 6.26. The molecule has 2 aromatic heterocycles. The summed E-state index contributed by atoms with van der Waals surface area (Å²) in [6, 6.07) is 18.4. The zero-order chi connectivity index (χ0) is 12.7. The van der Waals surface area contributed by atoms with Crippen molar-refractivity contribution >= 4 is 16.6 Å². The summed E-state index contributed by atoms with van der Waals surface area (Å²) in [5.74, 6) is 0.954. The van der Waals surface area contributed by atoms with E-state index in [0.29, 0.717) is 0 Å². The largest absolute Gasteiger partial charge is 0.276 e. The van der Waals surface area contributed by atoms with Gasteiger partial charge in [0, 0.05) is 0 Å². The first-order valence-corrected chi connectivity index (χ1v) is 6.26. The molecular weight excluding hydrogens is 234 g/mol. The third-order valence-electron chi connectivity index (χ3n) is 3.33. The van der Waals surface area contributed by atoms with Crippen LogP contribution in [0.5, 0.6) is 0 Å². The van der Waals surface area contributed by atoms with Gasteiger partial charge in [-0.15, -0.1) is 4.98 Å². The van der Waals surface area contributed by atoms with Crippen molar-refractivity contribution in [3.05, 3.63) is 67.0 Å². The lowest BCUT2D eigenvalue weighted by Crippen LogP contribution is -2.24. The number of hydrogen-bond donors (Lipinski definition) is 1. The monoisotopic (exact) mass is 246 g/mol. The van der Waals surface area contributed by atoms with Crippen LogP contribution in [0.25, 0.3) is 27.9 Å². The van der Waals surface area contributed by atoms with Crippen LogP contribution in [0.15, 0.2) is 67.0 Å². The molecule has 0 aliphatic rings. The maximum absolute atomic E-state index is 4.79. The summed E-state index contributed by atoms with van der Waals surface area (Å²) < 4.78 is 2.09. The van der Waals surface area contributed by atoms with Gasteiger partial charge >= 0.3 is 0 Å². The predicted molar refractivity (Wildman–Crippen MR) is 74.7 cm³/mol. The molecule has 3 heteroatoms. The molecule has 1 N–H and O–H groups in total. The van der Waals surface area contributed by atoms with Crippen molar-refractivity contribution in [1.29, 1.82) is 0 Å². The van der Waals surface area contributed by atoms with Gasteiger partial charge in [0.1, 0.15) is 6.20 Å². The van der Waals surface area contributed by atoms with Crippen LogP contribution in [0.3, 0.4) is 0 Å². The predicted octanol–water partition coefficient (Wildman–Crippen LogP) is 2.97. The molecule has 2 aromatic carbocycles. The van der Waals surface area contributed by atoms with Crippen LogP contribution in [0.4, 0.5) is 0 Å². The molecular formula is C16H12N3+. The number of rotatable bonds is 1. The fourth-order valence-corrected chi connectivity index (χ4v) is 2.45. The van der Waals surface area contributed by atoms with E-state index in [0.717, 1.165) is 27.9 Å². The summed E-state index contributed by atoms with van der Waals surface area (Å²) in [6.45, 7) is 0. The Bertz CT molecular complexity index is 863. The molecule has 2 heterocycles. The minimum atomic E-state index is 0.954. The highest BCUT2D eigenvalue weighted by atomic mass is 15.1. The normalized spacial score (nSPS) is 11.2. The molecule has 90 valence electrons. The van der Waals surface area contributed by atoms with Crippen LogP contribution in [-0.4, -0.2) is 9.97 Å². The zero-order valence-electron chi connectivity index (χ0n) is 10.2. The molecule has 0 bridgehead atoms. The molecule has 0 amide bonds. The molecule has 4 rings (SSSR count). The topological polar surface area (TPSA) is 32.8 Å². The van der Waals surface area contributed by atoms with Crippen molar-refractivity contribution in [2.45, 2.75) is 0 Å². The molecule has 0 radical (unpaired) electrons. The van der Waals surface area contributed by atoms with Crippen LogP contribution < -0.4 is 4.40 Å². The van der Waals surface area contributed by atoms with Crippen LogP contribution in [0.1, 0.15) is 0 Å². The highest BCUT2D eigenvalue weighted by Crippen LogP contribution is 2.19. The van der Waals surface area contributed by atoms with Crippen LogP contribution in [0.2, 0.25) is 0 Å². The Labute approximate surface area is 110 Å². The summed E-state index contributed by atoms with van der Waals surface area (Å²) in [7, 11) is 0. The lowest BCUT2D eigenvalue weighted by molar-refractivity contribution is -0.499. The maximum Gasteiger partial charge on any atom is 0.275 e. The zero-order valence-corrected chi connectivity index (χ0v) is 10.2. The minimum absolute atomic E-state index is 0.954. The summed E-state index contributed by atoms with van der Waals surface area (Å²) in [5.41, 5.74) is 3.19. The number of fused-ring (bicyclic) bond motifs is 3. The average molecular weight is 246 g/mol. The summed E-state index contributed by atoms with van der Waals surface area (Å²) in [4.78, 5) is 8.08. The molecule has 3 nitrogen and oxygen atoms in total. The van der Waals surface area contributed by atoms with Gasteiger partial charge in [-0.1, -0.05) is 30.3 Å². The Hall–Kier alpha value is -2.68. The molecule has 0 saturated heterocycles. The summed E-state index contributed by atoms with van der Waals surface area (Å²) in [5, 5.41) is 1.13. The van der Waals surface area contributed by atoms with Gasteiger partial charge in [0.2, 0.25) is 5.65 Å². The molecule has 0 aliphatic heterocycles. The van der Waals surface area contributed by atoms with Crippen molar-refractivity contribution in [2.75, 3.05) is 0 Å². The van der Waals surface area contributed by atoms with Crippen molar-refractivity contribution in [3.8, 4) is 11.4 Å². The van der Waals surface area contributed by atoms with E-state index in [4.69, 9.17) is 4.98 Å². The van der Waals surface area contributed by atoms with E-state index < -0.39 is 0 Å². The molecule has 19 heavy (non-hydrogen) atoms. The van der Waals surface area contributed by atoms with Gasteiger partial charge in [0.15, 0.2) is 5.52 Å². The Morgan fingerprint density at radius 3 is 2.58 bits per heavy atom. The van der Waals surface area contributed by atoms with Crippen LogP contribution in [-0.2, 0) is 0 Å². The summed E-state index contributed by atoms with van der Waals surface area (Å²) >= 11 is 0. The van der Waals surface area contributed by atoms with Crippen molar-refractivity contribution in [2.24, 2.45) is 0 Å². The number of hydrogen-bond acceptors (Lipinski definition) is 1. The fourth-order valence-electron chi connectivity index (χ4n) is 2.45. The van der Waals surface area contributed by atoms with Crippen molar-refractivity contribution < 1.29 is 4.40 Å². The second-order valence-electron chi connectivity index (χ2n) is 4.50. The number of para-hydroxylation sites is 1. The minimum Gasteiger partial charge on any atom is -0.276 e. The Morgan fingerprint density at radius 1 is 0.895 bits per heavy atom. The van der Waals surface area contributed by atoms with Crippen LogP contribution >= 0.6 is 0 Å². The van der Waals surface area contributed by atoms with E-state index in [2.05, 4.69) is 27.6 Å². The quantitative estimate of drug-likeness (QED) is 0.515. The molecule has 0 aliphatic carbocycles. The number of benzene rings is 2. The number of aromatic nitrogens is 3. The SMILES string of the molecule is c1ccc(-c2nc3ccccc3c3[nH]cc[n+]23)cc1. The highest BCUT2D eigenvalue weighted by Gasteiger charge is 2.16. The molecule has 4 aromatic rings. The van der Waals surface area contributed by atoms with Crippen molar-refractivity contribution in [1.82, 2.24) is 9.97 Å². The number of imidazole rings is 1. The first kappa shape index (κ1) is 10.3. The lowest BCUT2D eigenvalue weighted by Gasteiger charge is -2.00. The second-order valence-corrected chi connectivity index (χ2v) is 4.50. The lowest BCUT2D eigenvalue weighted by atomic mass is 10.2. The molecule has 0 saturated carbocycles. The maximum atomic E-state index is 4.79. The van der Waals surface area contributed by atoms with Gasteiger partial charge < -0.3 is 0 Å². The molecule has 0 spiro atoms.